The standard InChI is InChI=1S/C22H18ClIN4O6/c1-2-33-21-10-15(9-18(24)22(21)34-13-14-3-5-16(23)6-4-14)12-25-26-19-8-7-17(27(29)30)11-20(19)28(31)32/h3-12,26H,2,13H2,1H3/b25-12+. The van der Waals surface area contributed by atoms with Gasteiger partial charge in [0.15, 0.2) is 11.5 Å². The van der Waals surface area contributed by atoms with Gasteiger partial charge in [-0.15, -0.1) is 0 Å². The quantitative estimate of drug-likeness (QED) is 0.128. The average molecular weight is 597 g/mol. The topological polar surface area (TPSA) is 129 Å². The molecule has 0 aliphatic carbocycles. The minimum atomic E-state index is -0.714. The molecule has 3 aromatic rings. The Kier molecular flexibility index (Phi) is 8.60. The molecular weight excluding hydrogens is 579 g/mol. The van der Waals surface area contributed by atoms with Crippen molar-refractivity contribution in [2.24, 2.45) is 5.10 Å². The van der Waals surface area contributed by atoms with Crippen LogP contribution in [-0.4, -0.2) is 22.7 Å². The lowest BCUT2D eigenvalue weighted by Gasteiger charge is -2.15. The smallest absolute Gasteiger partial charge is 0.301 e. The highest BCUT2D eigenvalue weighted by Gasteiger charge is 2.19. The fraction of sp³-hybridized carbons (Fsp3) is 0.136. The van der Waals surface area contributed by atoms with E-state index in [1.807, 2.05) is 25.1 Å². The Bertz CT molecular complexity index is 1240. The summed E-state index contributed by atoms with van der Waals surface area (Å²) in [5.41, 5.74) is 3.35. The predicted octanol–water partition coefficient (Wildman–Crippen LogP) is 6.18. The highest BCUT2D eigenvalue weighted by Crippen LogP contribution is 2.35. The Morgan fingerprint density at radius 3 is 2.44 bits per heavy atom. The fourth-order valence-corrected chi connectivity index (χ4v) is 3.76. The lowest BCUT2D eigenvalue weighted by molar-refractivity contribution is -0.393. The van der Waals surface area contributed by atoms with Gasteiger partial charge in [0.25, 0.3) is 5.69 Å². The average Bonchev–Trinajstić information content (AvgIpc) is 2.80. The van der Waals surface area contributed by atoms with Gasteiger partial charge in [0.1, 0.15) is 12.3 Å². The first-order chi connectivity index (χ1) is 16.3. The molecule has 0 saturated heterocycles. The summed E-state index contributed by atoms with van der Waals surface area (Å²) < 4.78 is 12.5. The highest BCUT2D eigenvalue weighted by molar-refractivity contribution is 14.1. The first-order valence-corrected chi connectivity index (χ1v) is 11.3. The van der Waals surface area contributed by atoms with Crippen LogP contribution in [-0.2, 0) is 6.61 Å². The Labute approximate surface area is 213 Å². The van der Waals surface area contributed by atoms with Gasteiger partial charge in [0, 0.05) is 11.1 Å². The summed E-state index contributed by atoms with van der Waals surface area (Å²) in [4.78, 5) is 20.7. The van der Waals surface area contributed by atoms with Gasteiger partial charge >= 0.3 is 5.69 Å². The van der Waals surface area contributed by atoms with Gasteiger partial charge in [-0.2, -0.15) is 5.10 Å². The van der Waals surface area contributed by atoms with E-state index in [1.165, 1.54) is 12.3 Å². The minimum absolute atomic E-state index is 0.0227. The molecule has 176 valence electrons. The van der Waals surface area contributed by atoms with E-state index in [9.17, 15) is 20.2 Å². The summed E-state index contributed by atoms with van der Waals surface area (Å²) in [6.45, 7) is 2.60. The van der Waals surface area contributed by atoms with E-state index >= 15 is 0 Å². The van der Waals surface area contributed by atoms with Crippen molar-refractivity contribution in [2.45, 2.75) is 13.5 Å². The second kappa shape index (κ2) is 11.6. The highest BCUT2D eigenvalue weighted by atomic mass is 127. The molecule has 10 nitrogen and oxygen atoms in total. The van der Waals surface area contributed by atoms with Gasteiger partial charge in [-0.1, -0.05) is 23.7 Å². The van der Waals surface area contributed by atoms with Crippen molar-refractivity contribution < 1.29 is 19.3 Å². The van der Waals surface area contributed by atoms with E-state index < -0.39 is 15.5 Å². The van der Waals surface area contributed by atoms with E-state index in [-0.39, 0.29) is 11.4 Å². The molecule has 0 bridgehead atoms. The molecule has 0 unspecified atom stereocenters. The van der Waals surface area contributed by atoms with Crippen molar-refractivity contribution in [3.05, 3.63) is 94.5 Å². The van der Waals surface area contributed by atoms with Crippen molar-refractivity contribution >= 4 is 57.5 Å². The normalized spacial score (nSPS) is 10.8. The Morgan fingerprint density at radius 2 is 1.79 bits per heavy atom. The van der Waals surface area contributed by atoms with Crippen molar-refractivity contribution in [3.8, 4) is 11.5 Å². The number of benzene rings is 3. The molecule has 1 N–H and O–H groups in total. The number of nitro benzene ring substituents is 2. The van der Waals surface area contributed by atoms with Gasteiger partial charge in [-0.05, 0) is 71.0 Å². The molecule has 0 atom stereocenters. The number of hydrogen-bond acceptors (Lipinski definition) is 8. The zero-order chi connectivity index (χ0) is 24.7. The number of rotatable bonds is 10. The molecule has 0 amide bonds. The number of hydrazone groups is 1. The molecule has 0 radical (unpaired) electrons. The fourth-order valence-electron chi connectivity index (χ4n) is 2.86. The van der Waals surface area contributed by atoms with Gasteiger partial charge < -0.3 is 9.47 Å². The summed E-state index contributed by atoms with van der Waals surface area (Å²) in [5.74, 6) is 1.10. The molecule has 0 saturated carbocycles. The van der Waals surface area contributed by atoms with Crippen LogP contribution in [0.4, 0.5) is 17.1 Å². The second-order valence-electron chi connectivity index (χ2n) is 6.76. The monoisotopic (exact) mass is 596 g/mol. The molecule has 0 heterocycles. The number of hydrogen-bond donors (Lipinski definition) is 1. The number of nitro groups is 2. The van der Waals surface area contributed by atoms with E-state index in [0.29, 0.717) is 35.3 Å². The SMILES string of the molecule is CCOc1cc(/C=N/Nc2ccc([N+](=O)[O-])cc2[N+](=O)[O-])cc(I)c1OCc1ccc(Cl)cc1. The molecule has 0 aliphatic rings. The number of non-ortho nitro benzene ring substituents is 1. The summed E-state index contributed by atoms with van der Waals surface area (Å²) in [6.07, 6.45) is 1.46. The van der Waals surface area contributed by atoms with Gasteiger partial charge in [0.2, 0.25) is 0 Å². The summed E-state index contributed by atoms with van der Waals surface area (Å²) in [5, 5.41) is 26.8. The molecule has 0 aromatic heterocycles. The van der Waals surface area contributed by atoms with Crippen LogP contribution in [0.5, 0.6) is 11.5 Å². The van der Waals surface area contributed by atoms with Gasteiger partial charge in [-0.25, -0.2) is 0 Å². The van der Waals surface area contributed by atoms with Crippen LogP contribution in [0.1, 0.15) is 18.1 Å². The number of ether oxygens (including phenoxy) is 2. The molecule has 0 aliphatic heterocycles. The van der Waals surface area contributed by atoms with Gasteiger partial charge in [-0.3, -0.25) is 25.7 Å². The third kappa shape index (κ3) is 6.54. The molecular formula is C22H18ClIN4O6. The minimum Gasteiger partial charge on any atom is -0.490 e. The van der Waals surface area contributed by atoms with Crippen molar-refractivity contribution in [1.29, 1.82) is 0 Å². The van der Waals surface area contributed by atoms with E-state index in [2.05, 4.69) is 33.1 Å². The lowest BCUT2D eigenvalue weighted by Crippen LogP contribution is -2.03. The summed E-state index contributed by atoms with van der Waals surface area (Å²) in [7, 11) is 0. The van der Waals surface area contributed by atoms with Crippen LogP contribution in [0, 0.1) is 23.8 Å². The van der Waals surface area contributed by atoms with Crippen molar-refractivity contribution in [1.82, 2.24) is 0 Å². The molecule has 0 spiro atoms. The first kappa shape index (κ1) is 25.2. The number of halogens is 2. The Balaban J connectivity index is 1.79. The largest absolute Gasteiger partial charge is 0.490 e. The second-order valence-corrected chi connectivity index (χ2v) is 8.36. The van der Waals surface area contributed by atoms with Crippen LogP contribution in [0.15, 0.2) is 59.7 Å². The third-order valence-electron chi connectivity index (χ3n) is 4.42. The zero-order valence-corrected chi connectivity index (χ0v) is 20.6. The predicted molar refractivity (Wildman–Crippen MR) is 137 cm³/mol. The summed E-state index contributed by atoms with van der Waals surface area (Å²) in [6, 6.07) is 14.1. The Hall–Kier alpha value is -3.45. The van der Waals surface area contributed by atoms with E-state index in [1.54, 1.807) is 18.2 Å². The van der Waals surface area contributed by atoms with Crippen molar-refractivity contribution in [2.75, 3.05) is 12.0 Å². The Morgan fingerprint density at radius 1 is 1.06 bits per heavy atom. The zero-order valence-electron chi connectivity index (χ0n) is 17.7. The van der Waals surface area contributed by atoms with Crippen LogP contribution >= 0.6 is 34.2 Å². The molecule has 0 fully saturated rings. The maximum Gasteiger partial charge on any atom is 0.301 e. The molecule has 3 aromatic carbocycles. The maximum absolute atomic E-state index is 11.3. The van der Waals surface area contributed by atoms with Crippen LogP contribution in [0.3, 0.4) is 0 Å². The van der Waals surface area contributed by atoms with Crippen LogP contribution < -0.4 is 14.9 Å². The van der Waals surface area contributed by atoms with Crippen molar-refractivity contribution in [3.63, 3.8) is 0 Å². The first-order valence-electron chi connectivity index (χ1n) is 9.84. The molecule has 34 heavy (non-hydrogen) atoms. The number of nitrogens with zero attached hydrogens (tertiary/aromatic N) is 3. The number of anilines is 1. The molecule has 3 rings (SSSR count). The van der Waals surface area contributed by atoms with E-state index in [4.69, 9.17) is 21.1 Å². The summed E-state index contributed by atoms with van der Waals surface area (Å²) >= 11 is 8.05. The maximum atomic E-state index is 11.3. The third-order valence-corrected chi connectivity index (χ3v) is 5.47. The lowest BCUT2D eigenvalue weighted by atomic mass is 10.2. The molecule has 12 heteroatoms. The number of nitrogens with one attached hydrogen (secondary N) is 1. The van der Waals surface area contributed by atoms with Crippen LogP contribution in [0.25, 0.3) is 0 Å². The van der Waals surface area contributed by atoms with E-state index in [0.717, 1.165) is 21.3 Å². The van der Waals surface area contributed by atoms with Crippen LogP contribution in [0.2, 0.25) is 5.02 Å². The van der Waals surface area contributed by atoms with Gasteiger partial charge in [0.05, 0.1) is 32.3 Å².